The van der Waals surface area contributed by atoms with Crippen molar-refractivity contribution >= 4 is 23.0 Å². The minimum Gasteiger partial charge on any atom is -0.497 e. The number of ether oxygens (including phenoxy) is 2. The van der Waals surface area contributed by atoms with Gasteiger partial charge in [-0.2, -0.15) is 9.78 Å². The molecule has 2 N–H and O–H groups in total. The van der Waals surface area contributed by atoms with E-state index in [4.69, 9.17) is 9.47 Å². The Balaban J connectivity index is 1.83. The number of aromatic nitrogens is 6. The molecule has 0 bridgehead atoms. The van der Waals surface area contributed by atoms with Crippen molar-refractivity contribution in [3.05, 3.63) is 57.2 Å². The Labute approximate surface area is 168 Å². The molecular formula is C18H15N7O3S. The molecule has 5 rings (SSSR count). The fourth-order valence-electron chi connectivity index (χ4n) is 3.47. The van der Waals surface area contributed by atoms with Gasteiger partial charge >= 0.3 is 0 Å². The minimum absolute atomic E-state index is 0.355. The molecule has 11 heteroatoms. The predicted molar refractivity (Wildman–Crippen MR) is 106 cm³/mol. The Kier molecular flexibility index (Phi) is 4.02. The molecule has 0 amide bonds. The largest absolute Gasteiger partial charge is 0.497 e. The van der Waals surface area contributed by atoms with E-state index in [1.165, 1.54) is 11.3 Å². The third kappa shape index (κ3) is 2.66. The first-order valence-electron chi connectivity index (χ1n) is 8.64. The van der Waals surface area contributed by atoms with Crippen LogP contribution in [0.5, 0.6) is 11.5 Å². The zero-order valence-electron chi connectivity index (χ0n) is 15.4. The van der Waals surface area contributed by atoms with Crippen molar-refractivity contribution in [1.29, 1.82) is 0 Å². The standard InChI is InChI=1S/C18H15N7O3S/c1-27-9-5-6-10(11(8-9)28-2)16-13-14(12-4-3-7-29-12)20-21-17(26)15(13)19-18-22-23-24-25(16)18/h3-8,16H,1-2H3,(H,21,26)(H,19,22,24)/t16-/m1/s1. The number of hydrogen-bond acceptors (Lipinski definition) is 9. The monoisotopic (exact) mass is 409 g/mol. The van der Waals surface area contributed by atoms with Crippen LogP contribution in [0.15, 0.2) is 40.5 Å². The number of methoxy groups -OCH3 is 2. The van der Waals surface area contributed by atoms with Crippen LogP contribution in [0, 0.1) is 0 Å². The van der Waals surface area contributed by atoms with E-state index in [1.54, 1.807) is 25.0 Å². The lowest BCUT2D eigenvalue weighted by Gasteiger charge is -2.28. The van der Waals surface area contributed by atoms with E-state index in [0.717, 1.165) is 10.4 Å². The van der Waals surface area contributed by atoms with Gasteiger partial charge in [0.05, 0.1) is 19.1 Å². The van der Waals surface area contributed by atoms with E-state index in [1.807, 2.05) is 29.6 Å². The van der Waals surface area contributed by atoms with Gasteiger partial charge in [0.15, 0.2) is 0 Å². The average molecular weight is 409 g/mol. The van der Waals surface area contributed by atoms with E-state index in [2.05, 4.69) is 31.0 Å². The summed E-state index contributed by atoms with van der Waals surface area (Å²) in [6, 6.07) is 8.84. The molecule has 29 heavy (non-hydrogen) atoms. The summed E-state index contributed by atoms with van der Waals surface area (Å²) in [4.78, 5) is 13.6. The number of rotatable bonds is 4. The highest BCUT2D eigenvalue weighted by Gasteiger charge is 2.36. The maximum absolute atomic E-state index is 12.6. The molecule has 0 unspecified atom stereocenters. The molecule has 0 aliphatic carbocycles. The number of aromatic amines is 1. The molecule has 4 aromatic rings. The van der Waals surface area contributed by atoms with E-state index in [9.17, 15) is 4.79 Å². The highest BCUT2D eigenvalue weighted by molar-refractivity contribution is 7.13. The molecule has 1 aromatic carbocycles. The van der Waals surface area contributed by atoms with Crippen LogP contribution >= 0.6 is 11.3 Å². The third-order valence-corrected chi connectivity index (χ3v) is 5.63. The molecule has 1 aliphatic heterocycles. The number of nitrogens with one attached hydrogen (secondary N) is 2. The number of nitrogens with zero attached hydrogens (tertiary/aromatic N) is 5. The fraction of sp³-hybridized carbons (Fsp3) is 0.167. The Morgan fingerprint density at radius 2 is 2.10 bits per heavy atom. The first-order chi connectivity index (χ1) is 14.2. The van der Waals surface area contributed by atoms with Gasteiger partial charge < -0.3 is 14.8 Å². The summed E-state index contributed by atoms with van der Waals surface area (Å²) in [5.74, 6) is 1.59. The van der Waals surface area contributed by atoms with Crippen molar-refractivity contribution in [2.45, 2.75) is 6.04 Å². The van der Waals surface area contributed by atoms with Crippen LogP contribution in [0.1, 0.15) is 17.2 Å². The number of H-pyrrole nitrogens is 1. The lowest BCUT2D eigenvalue weighted by molar-refractivity contribution is 0.386. The molecule has 1 atom stereocenters. The first-order valence-corrected chi connectivity index (χ1v) is 9.52. The maximum Gasteiger partial charge on any atom is 0.288 e. The first kappa shape index (κ1) is 17.4. The fourth-order valence-corrected chi connectivity index (χ4v) is 4.20. The number of hydrogen-bond donors (Lipinski definition) is 2. The lowest BCUT2D eigenvalue weighted by atomic mass is 9.93. The zero-order chi connectivity index (χ0) is 20.0. The lowest BCUT2D eigenvalue weighted by Crippen LogP contribution is -2.29. The Morgan fingerprint density at radius 1 is 1.21 bits per heavy atom. The van der Waals surface area contributed by atoms with Gasteiger partial charge in [0, 0.05) is 17.2 Å². The van der Waals surface area contributed by atoms with Crippen LogP contribution in [0.4, 0.5) is 11.6 Å². The second kappa shape index (κ2) is 6.71. The van der Waals surface area contributed by atoms with Gasteiger partial charge in [-0.3, -0.25) is 4.79 Å². The highest BCUT2D eigenvalue weighted by atomic mass is 32.1. The van der Waals surface area contributed by atoms with Crippen LogP contribution in [-0.4, -0.2) is 44.6 Å². The average Bonchev–Trinajstić information content (AvgIpc) is 3.44. The van der Waals surface area contributed by atoms with Gasteiger partial charge in [-0.05, 0) is 34.0 Å². The predicted octanol–water partition coefficient (Wildman–Crippen LogP) is 2.20. The summed E-state index contributed by atoms with van der Waals surface area (Å²) in [5, 5.41) is 23.8. The van der Waals surface area contributed by atoms with E-state index in [0.29, 0.717) is 34.4 Å². The van der Waals surface area contributed by atoms with Crippen molar-refractivity contribution < 1.29 is 9.47 Å². The quantitative estimate of drug-likeness (QED) is 0.464. The summed E-state index contributed by atoms with van der Waals surface area (Å²) >= 11 is 1.53. The summed E-state index contributed by atoms with van der Waals surface area (Å²) in [5.41, 5.74) is 2.08. The number of thiophene rings is 1. The highest BCUT2D eigenvalue weighted by Crippen LogP contribution is 2.44. The maximum atomic E-state index is 12.6. The van der Waals surface area contributed by atoms with Crippen LogP contribution < -0.4 is 20.3 Å². The molecular weight excluding hydrogens is 394 g/mol. The van der Waals surface area contributed by atoms with Gasteiger partial charge in [-0.1, -0.05) is 11.2 Å². The number of anilines is 2. The molecule has 1 aliphatic rings. The van der Waals surface area contributed by atoms with Crippen molar-refractivity contribution in [3.8, 4) is 22.1 Å². The third-order valence-electron chi connectivity index (χ3n) is 4.76. The van der Waals surface area contributed by atoms with E-state index < -0.39 is 6.04 Å². The zero-order valence-corrected chi connectivity index (χ0v) is 16.2. The van der Waals surface area contributed by atoms with Crippen molar-refractivity contribution in [2.75, 3.05) is 19.5 Å². The van der Waals surface area contributed by atoms with Gasteiger partial charge in [0.2, 0.25) is 5.95 Å². The Bertz CT molecular complexity index is 1250. The van der Waals surface area contributed by atoms with Crippen molar-refractivity contribution in [3.63, 3.8) is 0 Å². The normalized spacial score (nSPS) is 14.6. The molecule has 0 fully saturated rings. The van der Waals surface area contributed by atoms with Gasteiger partial charge in [0.1, 0.15) is 28.9 Å². The smallest absolute Gasteiger partial charge is 0.288 e. The van der Waals surface area contributed by atoms with E-state index >= 15 is 0 Å². The molecule has 146 valence electrons. The van der Waals surface area contributed by atoms with Crippen LogP contribution in [0.25, 0.3) is 10.6 Å². The number of fused-ring (bicyclic) bond motifs is 2. The van der Waals surface area contributed by atoms with Gasteiger partial charge in [-0.25, -0.2) is 5.10 Å². The molecule has 0 saturated heterocycles. The molecule has 3 aromatic heterocycles. The molecule has 10 nitrogen and oxygen atoms in total. The molecule has 0 spiro atoms. The second-order valence-corrected chi connectivity index (χ2v) is 7.20. The molecule has 0 saturated carbocycles. The summed E-state index contributed by atoms with van der Waals surface area (Å²) in [7, 11) is 3.17. The molecule has 0 radical (unpaired) electrons. The summed E-state index contributed by atoms with van der Waals surface area (Å²) in [6.07, 6.45) is 0. The van der Waals surface area contributed by atoms with Crippen molar-refractivity contribution in [1.82, 2.24) is 30.4 Å². The van der Waals surface area contributed by atoms with Gasteiger partial charge in [-0.15, -0.1) is 11.3 Å². The Morgan fingerprint density at radius 3 is 2.86 bits per heavy atom. The summed E-state index contributed by atoms with van der Waals surface area (Å²) in [6.45, 7) is 0. The van der Waals surface area contributed by atoms with Crippen molar-refractivity contribution in [2.24, 2.45) is 0 Å². The van der Waals surface area contributed by atoms with Gasteiger partial charge in [0.25, 0.3) is 5.56 Å². The summed E-state index contributed by atoms with van der Waals surface area (Å²) < 4.78 is 12.6. The molecule has 4 heterocycles. The topological polar surface area (TPSA) is 120 Å². The van der Waals surface area contributed by atoms with E-state index in [-0.39, 0.29) is 5.56 Å². The SMILES string of the molecule is COc1ccc([C@@H]2c3c(-c4cccs4)n[nH]c(=O)c3Nc3nnnn32)c(OC)c1. The van der Waals surface area contributed by atoms with Crippen LogP contribution in [0.2, 0.25) is 0 Å². The van der Waals surface area contributed by atoms with Crippen LogP contribution in [0.3, 0.4) is 0 Å². The van der Waals surface area contributed by atoms with Crippen LogP contribution in [-0.2, 0) is 0 Å². The number of benzene rings is 1. The number of tetrazole rings is 1. The minimum atomic E-state index is -0.524. The second-order valence-electron chi connectivity index (χ2n) is 6.25. The Hall–Kier alpha value is -3.73.